The number of fused-ring (bicyclic) bond motifs is 1. The molecule has 3 rings (SSSR count). The van der Waals surface area contributed by atoms with E-state index in [1.807, 2.05) is 27.7 Å². The average molecular weight is 702 g/mol. The maximum atomic E-state index is 14.7. The van der Waals surface area contributed by atoms with Gasteiger partial charge in [0.2, 0.25) is 11.8 Å². The quantitative estimate of drug-likeness (QED) is 0.118. The van der Waals surface area contributed by atoms with Gasteiger partial charge in [-0.05, 0) is 59.3 Å². The first-order valence-corrected chi connectivity index (χ1v) is 17.7. The molecule has 0 radical (unpaired) electrons. The van der Waals surface area contributed by atoms with Crippen molar-refractivity contribution in [3.05, 3.63) is 6.33 Å². The smallest absolute Gasteiger partial charge is 0.342 e. The summed E-state index contributed by atoms with van der Waals surface area (Å²) in [6, 6.07) is -2.18. The lowest BCUT2D eigenvalue weighted by atomic mass is 9.96. The van der Waals surface area contributed by atoms with Crippen molar-refractivity contribution in [2.75, 3.05) is 19.5 Å². The molecule has 0 bridgehead atoms. The largest absolute Gasteiger partial charge is 0.479 e. The summed E-state index contributed by atoms with van der Waals surface area (Å²) in [6.07, 6.45) is -3.17. The van der Waals surface area contributed by atoms with E-state index < -0.39 is 74.5 Å². The van der Waals surface area contributed by atoms with Gasteiger partial charge in [-0.1, -0.05) is 27.7 Å². The van der Waals surface area contributed by atoms with Gasteiger partial charge in [-0.25, -0.2) is 15.2 Å². The molecule has 2 aromatic rings. The standard InChI is InChI=1S/C30H52N7O10P/c1-15(2)11-19(26(39)45-17(5)6)35-48(42,36-20(12-16(3)4)27(40)46-18(7)8)44-13-21-23(38)30(9,41)28(47-21)37-14-32-22-24(37)33-29(31)34-25(22)43-10/h14-21,23,28,38,41H,11-13H2,1-10H3,(H2,31,33,34)(H2,35,36,42)/t19?,20?,21-,23-,28-,30-,48?/m1/s1. The number of carbonyl (C=O) groups excluding carboxylic acids is 2. The highest BCUT2D eigenvalue weighted by molar-refractivity contribution is 7.54. The number of methoxy groups -OCH3 is 1. The zero-order chi connectivity index (χ0) is 36.1. The molecule has 1 aliphatic heterocycles. The first kappa shape index (κ1) is 39.5. The van der Waals surface area contributed by atoms with Gasteiger partial charge in [0, 0.05) is 0 Å². The van der Waals surface area contributed by atoms with E-state index in [9.17, 15) is 24.4 Å². The summed E-state index contributed by atoms with van der Waals surface area (Å²) in [4.78, 5) is 38.8. The van der Waals surface area contributed by atoms with Crippen LogP contribution >= 0.6 is 7.67 Å². The Labute approximate surface area is 281 Å². The molecule has 0 amide bonds. The summed E-state index contributed by atoms with van der Waals surface area (Å²) < 4.78 is 44.2. The van der Waals surface area contributed by atoms with E-state index in [1.165, 1.54) is 24.9 Å². The van der Waals surface area contributed by atoms with Gasteiger partial charge < -0.3 is 39.4 Å². The first-order valence-electron chi connectivity index (χ1n) is 16.1. The number of esters is 2. The average Bonchev–Trinajstić information content (AvgIpc) is 3.46. The third kappa shape index (κ3) is 9.83. The summed E-state index contributed by atoms with van der Waals surface area (Å²) in [6.45, 7) is 15.1. The van der Waals surface area contributed by atoms with Crippen molar-refractivity contribution in [1.82, 2.24) is 29.7 Å². The van der Waals surface area contributed by atoms with E-state index in [4.69, 9.17) is 29.2 Å². The zero-order valence-electron chi connectivity index (χ0n) is 29.4. The molecule has 6 N–H and O–H groups in total. The number of ether oxygens (including phenoxy) is 4. The molecule has 1 fully saturated rings. The van der Waals surface area contributed by atoms with Crippen LogP contribution in [0.15, 0.2) is 6.33 Å². The predicted molar refractivity (Wildman–Crippen MR) is 176 cm³/mol. The van der Waals surface area contributed by atoms with Crippen LogP contribution in [0, 0.1) is 11.8 Å². The van der Waals surface area contributed by atoms with Crippen molar-refractivity contribution in [2.45, 2.75) is 123 Å². The number of aromatic nitrogens is 4. The second-order valence-electron chi connectivity index (χ2n) is 13.6. The van der Waals surface area contributed by atoms with Gasteiger partial charge in [0.05, 0.1) is 32.3 Å². The van der Waals surface area contributed by atoms with E-state index in [1.54, 1.807) is 27.7 Å². The fourth-order valence-electron chi connectivity index (χ4n) is 5.27. The Bertz CT molecular complexity index is 1410. The van der Waals surface area contributed by atoms with Gasteiger partial charge >= 0.3 is 19.6 Å². The maximum Gasteiger partial charge on any atom is 0.342 e. The summed E-state index contributed by atoms with van der Waals surface area (Å²) in [5.41, 5.74) is 4.34. The van der Waals surface area contributed by atoms with E-state index in [-0.39, 0.29) is 47.7 Å². The number of imidazole rings is 1. The van der Waals surface area contributed by atoms with Crippen LogP contribution in [0.5, 0.6) is 5.88 Å². The number of hydrogen-bond donors (Lipinski definition) is 5. The highest BCUT2D eigenvalue weighted by Gasteiger charge is 2.54. The minimum Gasteiger partial charge on any atom is -0.479 e. The molecule has 18 heteroatoms. The molecule has 1 saturated heterocycles. The molecule has 0 aliphatic carbocycles. The fraction of sp³-hybridized carbons (Fsp3) is 0.767. The van der Waals surface area contributed by atoms with Crippen LogP contribution in [-0.2, 0) is 32.9 Å². The Balaban J connectivity index is 1.96. The highest BCUT2D eigenvalue weighted by Crippen LogP contribution is 2.45. The maximum absolute atomic E-state index is 14.7. The van der Waals surface area contributed by atoms with E-state index in [0.717, 1.165) is 0 Å². The number of nitrogens with one attached hydrogen (secondary N) is 2. The fourth-order valence-corrected chi connectivity index (χ4v) is 7.10. The van der Waals surface area contributed by atoms with Crippen molar-refractivity contribution >= 4 is 36.7 Å². The molecule has 2 unspecified atom stereocenters. The molecule has 0 saturated carbocycles. The number of aliphatic hydroxyl groups excluding tert-OH is 1. The number of nitrogens with two attached hydrogens (primary N) is 1. The van der Waals surface area contributed by atoms with Gasteiger partial charge in [-0.15, -0.1) is 0 Å². The molecule has 6 atom stereocenters. The second-order valence-corrected chi connectivity index (χ2v) is 15.4. The summed E-state index contributed by atoms with van der Waals surface area (Å²) in [5, 5.41) is 28.3. The Morgan fingerprint density at radius 1 is 1.02 bits per heavy atom. The van der Waals surface area contributed by atoms with E-state index >= 15 is 0 Å². The molecule has 17 nitrogen and oxygen atoms in total. The van der Waals surface area contributed by atoms with Crippen LogP contribution in [-0.4, -0.2) is 97.5 Å². The van der Waals surface area contributed by atoms with Crippen LogP contribution in [0.1, 0.15) is 81.4 Å². The Hall–Kier alpha value is -2.92. The normalized spacial score (nSPS) is 24.0. The predicted octanol–water partition coefficient (Wildman–Crippen LogP) is 2.46. The Morgan fingerprint density at radius 3 is 2.00 bits per heavy atom. The number of hydrogen-bond acceptors (Lipinski definition) is 14. The highest BCUT2D eigenvalue weighted by atomic mass is 31.2. The van der Waals surface area contributed by atoms with Crippen molar-refractivity contribution < 1.29 is 47.8 Å². The number of aliphatic hydroxyl groups is 2. The van der Waals surface area contributed by atoms with Crippen LogP contribution in [0.2, 0.25) is 0 Å². The number of rotatable bonds is 17. The van der Waals surface area contributed by atoms with Gasteiger partial charge in [-0.3, -0.25) is 18.7 Å². The lowest BCUT2D eigenvalue weighted by molar-refractivity contribution is -0.150. The third-order valence-electron chi connectivity index (χ3n) is 7.37. The number of nitrogens with zero attached hydrogens (tertiary/aromatic N) is 4. The molecule has 1 aliphatic rings. The molecule has 0 aromatic carbocycles. The summed E-state index contributed by atoms with van der Waals surface area (Å²) >= 11 is 0. The SMILES string of the molecule is COc1nc(N)nc2c1ncn2[C@@H]1O[C@H](COP(=O)(NC(CC(C)C)C(=O)OC(C)C)NC(CC(C)C)C(=O)OC(C)C)[C@@H](O)[C@@]1(C)O. The van der Waals surface area contributed by atoms with Crippen molar-refractivity contribution in [1.29, 1.82) is 0 Å². The van der Waals surface area contributed by atoms with Gasteiger partial charge in [0.1, 0.15) is 29.9 Å². The lowest BCUT2D eigenvalue weighted by Crippen LogP contribution is -2.47. The number of nitrogen functional groups attached to an aromatic ring is 1. The van der Waals surface area contributed by atoms with E-state index in [0.29, 0.717) is 0 Å². The van der Waals surface area contributed by atoms with Gasteiger partial charge in [0.15, 0.2) is 17.4 Å². The van der Waals surface area contributed by atoms with Gasteiger partial charge in [-0.2, -0.15) is 9.97 Å². The summed E-state index contributed by atoms with van der Waals surface area (Å²) in [5.74, 6) is -1.37. The van der Waals surface area contributed by atoms with Crippen LogP contribution in [0.4, 0.5) is 5.95 Å². The Kier molecular flexibility index (Phi) is 13.3. The van der Waals surface area contributed by atoms with E-state index in [2.05, 4.69) is 25.1 Å². The molecule has 0 spiro atoms. The van der Waals surface area contributed by atoms with Crippen LogP contribution in [0.3, 0.4) is 0 Å². The molecule has 48 heavy (non-hydrogen) atoms. The molecular weight excluding hydrogens is 649 g/mol. The molecule has 272 valence electrons. The van der Waals surface area contributed by atoms with Crippen LogP contribution in [0.25, 0.3) is 11.2 Å². The first-order chi connectivity index (χ1) is 22.3. The lowest BCUT2D eigenvalue weighted by Gasteiger charge is -2.31. The monoisotopic (exact) mass is 701 g/mol. The van der Waals surface area contributed by atoms with Crippen molar-refractivity contribution in [3.63, 3.8) is 0 Å². The molecule has 2 aromatic heterocycles. The number of anilines is 1. The minimum atomic E-state index is -4.34. The minimum absolute atomic E-state index is 0.0228. The number of carbonyl (C=O) groups is 2. The van der Waals surface area contributed by atoms with Crippen molar-refractivity contribution in [3.8, 4) is 5.88 Å². The third-order valence-corrected chi connectivity index (χ3v) is 9.18. The molecule has 3 heterocycles. The zero-order valence-corrected chi connectivity index (χ0v) is 30.3. The second kappa shape index (κ2) is 16.2. The molecular formula is C30H52N7O10P. The van der Waals surface area contributed by atoms with Crippen LogP contribution < -0.4 is 20.6 Å². The topological polar surface area (TPSA) is 231 Å². The summed E-state index contributed by atoms with van der Waals surface area (Å²) in [7, 11) is -2.95. The van der Waals surface area contributed by atoms with Crippen molar-refractivity contribution in [2.24, 2.45) is 11.8 Å². The Morgan fingerprint density at radius 2 is 1.54 bits per heavy atom. The van der Waals surface area contributed by atoms with Gasteiger partial charge in [0.25, 0.3) is 0 Å².